The fraction of sp³-hybridized carbons (Fsp3) is 0.364. The van der Waals surface area contributed by atoms with E-state index in [2.05, 4.69) is 5.32 Å². The number of hydrogen-bond donors (Lipinski definition) is 2. The van der Waals surface area contributed by atoms with Crippen LogP contribution < -0.4 is 11.1 Å². The van der Waals surface area contributed by atoms with Gasteiger partial charge in [-0.2, -0.15) is 5.06 Å². The summed E-state index contributed by atoms with van der Waals surface area (Å²) in [6, 6.07) is 4.97. The highest BCUT2D eigenvalue weighted by molar-refractivity contribution is 6.34. The average molecular weight is 256 g/mol. The number of nitrogens with zero attached hydrogens (tertiary/aromatic N) is 1. The molecule has 92 valence electrons. The Hall–Kier alpha value is -1.30. The topological polar surface area (TPSA) is 67.6 Å². The molecule has 0 aromatic heterocycles. The summed E-state index contributed by atoms with van der Waals surface area (Å²) in [5.74, 6) is -0.154. The molecule has 3 N–H and O–H groups in total. The molecule has 1 aliphatic heterocycles. The molecule has 1 saturated heterocycles. The van der Waals surface area contributed by atoms with Gasteiger partial charge in [0.15, 0.2) is 0 Å². The van der Waals surface area contributed by atoms with Gasteiger partial charge in [-0.1, -0.05) is 11.6 Å². The summed E-state index contributed by atoms with van der Waals surface area (Å²) in [6.07, 6.45) is 0.954. The summed E-state index contributed by atoms with van der Waals surface area (Å²) < 4.78 is 0. The number of nitrogens with one attached hydrogen (secondary N) is 1. The van der Waals surface area contributed by atoms with Crippen LogP contribution >= 0.6 is 11.6 Å². The molecule has 0 bridgehead atoms. The second-order valence-corrected chi connectivity index (χ2v) is 4.24. The van der Waals surface area contributed by atoms with E-state index in [0.717, 1.165) is 13.0 Å². The zero-order valence-corrected chi connectivity index (χ0v) is 10.0. The van der Waals surface area contributed by atoms with Crippen LogP contribution in [-0.4, -0.2) is 30.7 Å². The van der Waals surface area contributed by atoms with Crippen molar-refractivity contribution < 1.29 is 9.63 Å². The number of nitrogens with two attached hydrogens (primary N) is 1. The van der Waals surface area contributed by atoms with Crippen LogP contribution in [0.2, 0.25) is 5.02 Å². The predicted octanol–water partition coefficient (Wildman–Crippen LogP) is 1.50. The minimum atomic E-state index is -0.154. The lowest BCUT2D eigenvalue weighted by molar-refractivity contribution is -0.137. The molecule has 1 aromatic carbocycles. The van der Waals surface area contributed by atoms with Crippen molar-refractivity contribution in [3.8, 4) is 0 Å². The number of anilines is 2. The Bertz CT molecular complexity index is 419. The van der Waals surface area contributed by atoms with E-state index in [0.29, 0.717) is 23.0 Å². The van der Waals surface area contributed by atoms with E-state index in [9.17, 15) is 4.79 Å². The third-order valence-electron chi connectivity index (χ3n) is 2.41. The van der Waals surface area contributed by atoms with E-state index < -0.39 is 0 Å². The van der Waals surface area contributed by atoms with Gasteiger partial charge in [-0.25, -0.2) is 0 Å². The Kier molecular flexibility index (Phi) is 3.83. The van der Waals surface area contributed by atoms with Gasteiger partial charge < -0.3 is 11.1 Å². The normalized spacial score (nSPS) is 16.1. The van der Waals surface area contributed by atoms with Gasteiger partial charge in [0.25, 0.3) is 0 Å². The Morgan fingerprint density at radius 1 is 1.59 bits per heavy atom. The molecule has 1 fully saturated rings. The quantitative estimate of drug-likeness (QED) is 0.804. The highest BCUT2D eigenvalue weighted by atomic mass is 35.5. The number of rotatable bonds is 3. The third kappa shape index (κ3) is 3.33. The number of carbonyl (C=O) groups excluding carboxylic acids is 1. The first-order valence-electron chi connectivity index (χ1n) is 5.38. The Morgan fingerprint density at radius 2 is 2.41 bits per heavy atom. The number of carbonyl (C=O) groups is 1. The summed E-state index contributed by atoms with van der Waals surface area (Å²) in [7, 11) is 0. The van der Waals surface area contributed by atoms with Crippen molar-refractivity contribution in [3.63, 3.8) is 0 Å². The number of benzene rings is 1. The molecule has 17 heavy (non-hydrogen) atoms. The first kappa shape index (κ1) is 12.2. The fourth-order valence-corrected chi connectivity index (χ4v) is 1.84. The van der Waals surface area contributed by atoms with Crippen LogP contribution in [0.1, 0.15) is 6.42 Å². The second-order valence-electron chi connectivity index (χ2n) is 3.84. The lowest BCUT2D eigenvalue weighted by Crippen LogP contribution is -2.30. The number of nitrogen functional groups attached to an aromatic ring is 1. The predicted molar refractivity (Wildman–Crippen MR) is 66.6 cm³/mol. The van der Waals surface area contributed by atoms with Crippen molar-refractivity contribution in [2.75, 3.05) is 30.7 Å². The highest BCUT2D eigenvalue weighted by Crippen LogP contribution is 2.23. The standard InChI is InChI=1S/C11H14ClN3O2/c12-9-6-8(13)2-3-10(9)14-11(16)7-15-4-1-5-17-15/h2-3,6H,1,4-5,7,13H2,(H,14,16). The molecular weight excluding hydrogens is 242 g/mol. The first-order chi connectivity index (χ1) is 8.15. The molecule has 0 saturated carbocycles. The van der Waals surface area contributed by atoms with Gasteiger partial charge in [0.05, 0.1) is 17.3 Å². The van der Waals surface area contributed by atoms with Crippen molar-refractivity contribution >= 4 is 28.9 Å². The maximum atomic E-state index is 11.7. The van der Waals surface area contributed by atoms with Crippen molar-refractivity contribution in [1.82, 2.24) is 5.06 Å². The zero-order valence-electron chi connectivity index (χ0n) is 9.28. The van der Waals surface area contributed by atoms with Crippen LogP contribution in [0.25, 0.3) is 0 Å². The van der Waals surface area contributed by atoms with Gasteiger partial charge in [-0.15, -0.1) is 0 Å². The van der Waals surface area contributed by atoms with Crippen molar-refractivity contribution in [2.45, 2.75) is 6.42 Å². The maximum absolute atomic E-state index is 11.7. The summed E-state index contributed by atoms with van der Waals surface area (Å²) >= 11 is 5.95. The second kappa shape index (κ2) is 5.35. The Labute approximate surface area is 104 Å². The minimum absolute atomic E-state index is 0.154. The summed E-state index contributed by atoms with van der Waals surface area (Å²) in [5.41, 5.74) is 6.69. The molecule has 1 aromatic rings. The van der Waals surface area contributed by atoms with Crippen LogP contribution in [0.15, 0.2) is 18.2 Å². The minimum Gasteiger partial charge on any atom is -0.399 e. The van der Waals surface area contributed by atoms with E-state index in [1.54, 1.807) is 23.3 Å². The molecule has 1 heterocycles. The number of hydrogen-bond acceptors (Lipinski definition) is 4. The van der Waals surface area contributed by atoms with E-state index in [-0.39, 0.29) is 12.5 Å². The molecule has 0 spiro atoms. The molecule has 0 atom stereocenters. The zero-order chi connectivity index (χ0) is 12.3. The van der Waals surface area contributed by atoms with Gasteiger partial charge in [0.1, 0.15) is 6.54 Å². The van der Waals surface area contributed by atoms with Crippen molar-refractivity contribution in [3.05, 3.63) is 23.2 Å². The summed E-state index contributed by atoms with van der Waals surface area (Å²) in [4.78, 5) is 16.9. The first-order valence-corrected chi connectivity index (χ1v) is 5.76. The molecule has 0 unspecified atom stereocenters. The van der Waals surface area contributed by atoms with Crippen LogP contribution in [-0.2, 0) is 9.63 Å². The monoisotopic (exact) mass is 255 g/mol. The number of hydroxylamine groups is 2. The molecule has 2 rings (SSSR count). The van der Waals surface area contributed by atoms with Gasteiger partial charge in [-0.3, -0.25) is 9.63 Å². The average Bonchev–Trinajstić information content (AvgIpc) is 2.75. The van der Waals surface area contributed by atoms with Crippen LogP contribution in [0, 0.1) is 0 Å². The van der Waals surface area contributed by atoms with Crippen LogP contribution in [0.4, 0.5) is 11.4 Å². The Balaban J connectivity index is 1.93. The van der Waals surface area contributed by atoms with E-state index in [4.69, 9.17) is 22.2 Å². The van der Waals surface area contributed by atoms with Gasteiger partial charge in [-0.05, 0) is 24.6 Å². The third-order valence-corrected chi connectivity index (χ3v) is 2.73. The number of amides is 1. The molecule has 1 aliphatic rings. The molecule has 0 radical (unpaired) electrons. The summed E-state index contributed by atoms with van der Waals surface area (Å²) in [6.45, 7) is 1.67. The molecule has 5 nitrogen and oxygen atoms in total. The van der Waals surface area contributed by atoms with Crippen LogP contribution in [0.3, 0.4) is 0 Å². The SMILES string of the molecule is Nc1ccc(NC(=O)CN2CCCO2)c(Cl)c1. The lowest BCUT2D eigenvalue weighted by atomic mass is 10.3. The van der Waals surface area contributed by atoms with Gasteiger partial charge in [0.2, 0.25) is 5.91 Å². The molecule has 6 heteroatoms. The Morgan fingerprint density at radius 3 is 3.06 bits per heavy atom. The largest absolute Gasteiger partial charge is 0.399 e. The smallest absolute Gasteiger partial charge is 0.241 e. The van der Waals surface area contributed by atoms with Crippen molar-refractivity contribution in [2.24, 2.45) is 0 Å². The van der Waals surface area contributed by atoms with E-state index in [1.807, 2.05) is 0 Å². The van der Waals surface area contributed by atoms with Crippen molar-refractivity contribution in [1.29, 1.82) is 0 Å². The van der Waals surface area contributed by atoms with Crippen LogP contribution in [0.5, 0.6) is 0 Å². The van der Waals surface area contributed by atoms with E-state index >= 15 is 0 Å². The number of halogens is 1. The molecule has 1 amide bonds. The van der Waals surface area contributed by atoms with Gasteiger partial charge in [0, 0.05) is 12.2 Å². The fourth-order valence-electron chi connectivity index (χ4n) is 1.61. The lowest BCUT2D eigenvalue weighted by Gasteiger charge is -2.13. The van der Waals surface area contributed by atoms with E-state index in [1.165, 1.54) is 0 Å². The maximum Gasteiger partial charge on any atom is 0.241 e. The molecular formula is C11H14ClN3O2. The summed E-state index contributed by atoms with van der Waals surface area (Å²) in [5, 5.41) is 4.79. The molecule has 0 aliphatic carbocycles. The highest BCUT2D eigenvalue weighted by Gasteiger charge is 2.16. The van der Waals surface area contributed by atoms with Gasteiger partial charge >= 0.3 is 0 Å².